The smallest absolute Gasteiger partial charge is 0.251 e. The van der Waals surface area contributed by atoms with Gasteiger partial charge in [0, 0.05) is 31.1 Å². The van der Waals surface area contributed by atoms with E-state index in [0.717, 1.165) is 49.7 Å². The van der Waals surface area contributed by atoms with Crippen LogP contribution in [-0.4, -0.2) is 45.2 Å². The van der Waals surface area contributed by atoms with Crippen LogP contribution in [0.2, 0.25) is 0 Å². The van der Waals surface area contributed by atoms with Crippen LogP contribution in [0.15, 0.2) is 52.8 Å². The molecule has 1 aromatic rings. The van der Waals surface area contributed by atoms with Gasteiger partial charge in [-0.3, -0.25) is 19.6 Å². The van der Waals surface area contributed by atoms with Crippen LogP contribution in [0, 0.1) is 0 Å². The third kappa shape index (κ3) is 6.53. The maximum Gasteiger partial charge on any atom is 0.251 e. The summed E-state index contributed by atoms with van der Waals surface area (Å²) in [6.07, 6.45) is 13.6. The number of hydrogen-bond acceptors (Lipinski definition) is 5. The third-order valence-electron chi connectivity index (χ3n) is 5.52. The Morgan fingerprint density at radius 3 is 2.87 bits per heavy atom. The van der Waals surface area contributed by atoms with Gasteiger partial charge in [0.25, 0.3) is 5.91 Å². The molecule has 0 aromatic carbocycles. The Kier molecular flexibility index (Phi) is 8.88. The highest BCUT2D eigenvalue weighted by Crippen LogP contribution is 2.41. The van der Waals surface area contributed by atoms with Crippen LogP contribution in [0.25, 0.3) is 0 Å². The van der Waals surface area contributed by atoms with E-state index in [1.54, 1.807) is 24.2 Å². The number of allylic oxidation sites excluding steroid dienone is 2. The number of pyridine rings is 1. The summed E-state index contributed by atoms with van der Waals surface area (Å²) in [5.74, 6) is 1.01. The zero-order chi connectivity index (χ0) is 22.1. The van der Waals surface area contributed by atoms with Crippen molar-refractivity contribution in [3.8, 4) is 0 Å². The van der Waals surface area contributed by atoms with Crippen molar-refractivity contribution in [1.82, 2.24) is 15.2 Å². The average molecular weight is 441 g/mol. The van der Waals surface area contributed by atoms with E-state index in [1.807, 2.05) is 37.0 Å². The molecule has 2 aliphatic rings. The van der Waals surface area contributed by atoms with Gasteiger partial charge in [-0.1, -0.05) is 12.2 Å². The van der Waals surface area contributed by atoms with Crippen LogP contribution in [0.4, 0.5) is 0 Å². The number of thioether (sulfide) groups is 1. The summed E-state index contributed by atoms with van der Waals surface area (Å²) in [5, 5.41) is 2.82. The predicted molar refractivity (Wildman–Crippen MR) is 127 cm³/mol. The summed E-state index contributed by atoms with van der Waals surface area (Å²) in [6, 6.07) is 3.88. The summed E-state index contributed by atoms with van der Waals surface area (Å²) in [6.45, 7) is 5.08. The molecule has 0 saturated carbocycles. The van der Waals surface area contributed by atoms with Crippen LogP contribution in [0.5, 0.6) is 0 Å². The highest BCUT2D eigenvalue weighted by molar-refractivity contribution is 8.00. The van der Waals surface area contributed by atoms with Gasteiger partial charge < -0.3 is 10.2 Å². The Bertz CT molecular complexity index is 864. The van der Waals surface area contributed by atoms with Crippen molar-refractivity contribution < 1.29 is 9.59 Å². The summed E-state index contributed by atoms with van der Waals surface area (Å²) in [5.41, 5.74) is 3.24. The van der Waals surface area contributed by atoms with Crippen molar-refractivity contribution in [2.75, 3.05) is 12.3 Å². The molecule has 0 spiro atoms. The first-order valence-electron chi connectivity index (χ1n) is 11.1. The minimum Gasteiger partial charge on any atom is -0.319 e. The van der Waals surface area contributed by atoms with Gasteiger partial charge in [-0.2, -0.15) is 0 Å². The maximum absolute atomic E-state index is 13.1. The minimum atomic E-state index is -0.0696. The fourth-order valence-corrected chi connectivity index (χ4v) is 5.19. The maximum atomic E-state index is 13.1. The van der Waals surface area contributed by atoms with E-state index in [-0.39, 0.29) is 17.2 Å². The first-order valence-corrected chi connectivity index (χ1v) is 12.1. The second-order valence-corrected chi connectivity index (χ2v) is 8.96. The Balaban J connectivity index is 1.59. The molecule has 31 heavy (non-hydrogen) atoms. The molecule has 1 N–H and O–H groups in total. The third-order valence-corrected chi connectivity index (χ3v) is 6.80. The van der Waals surface area contributed by atoms with Crippen molar-refractivity contribution in [3.63, 3.8) is 0 Å². The number of hydrogen-bond donors (Lipinski definition) is 1. The average Bonchev–Trinajstić information content (AvgIpc) is 3.04. The van der Waals surface area contributed by atoms with E-state index in [9.17, 15) is 9.59 Å². The van der Waals surface area contributed by atoms with Crippen LogP contribution >= 0.6 is 11.8 Å². The van der Waals surface area contributed by atoms with Crippen molar-refractivity contribution in [3.05, 3.63) is 53.4 Å². The van der Waals surface area contributed by atoms with Crippen LogP contribution in [-0.2, 0) is 16.1 Å². The highest BCUT2D eigenvalue weighted by atomic mass is 32.2. The Morgan fingerprint density at radius 2 is 2.10 bits per heavy atom. The molecule has 1 atom stereocenters. The lowest BCUT2D eigenvalue weighted by Crippen LogP contribution is -2.35. The number of nitrogens with zero attached hydrogens (tertiary/aromatic N) is 3. The number of carbonyl (C=O) groups is 2. The van der Waals surface area contributed by atoms with E-state index < -0.39 is 0 Å². The molecule has 3 rings (SSSR count). The molecule has 1 unspecified atom stereocenters. The lowest BCUT2D eigenvalue weighted by Gasteiger charge is -2.27. The number of rotatable bonds is 9. The Morgan fingerprint density at radius 1 is 1.32 bits per heavy atom. The van der Waals surface area contributed by atoms with E-state index in [0.29, 0.717) is 24.7 Å². The zero-order valence-electron chi connectivity index (χ0n) is 18.5. The molecule has 7 heteroatoms. The predicted octanol–water partition coefficient (Wildman–Crippen LogP) is 4.24. The van der Waals surface area contributed by atoms with E-state index in [4.69, 9.17) is 0 Å². The molecule has 1 aromatic heterocycles. The molecule has 2 amide bonds. The number of amidine groups is 1. The number of aliphatic imine (C=N–C) groups is 1. The molecule has 0 bridgehead atoms. The topological polar surface area (TPSA) is 74.7 Å². The van der Waals surface area contributed by atoms with Gasteiger partial charge in [0.1, 0.15) is 5.37 Å². The summed E-state index contributed by atoms with van der Waals surface area (Å²) < 4.78 is 0. The van der Waals surface area contributed by atoms with Gasteiger partial charge >= 0.3 is 0 Å². The molecular weight excluding hydrogens is 408 g/mol. The fraction of sp³-hybridized carbons (Fsp3) is 0.500. The normalized spacial score (nSPS) is 19.3. The molecule has 0 fully saturated rings. The van der Waals surface area contributed by atoms with Crippen LogP contribution < -0.4 is 5.32 Å². The number of carbonyl (C=O) groups excluding carboxylic acids is 2. The summed E-state index contributed by atoms with van der Waals surface area (Å²) in [7, 11) is 0. The minimum absolute atomic E-state index is 0.0686. The summed E-state index contributed by atoms with van der Waals surface area (Å²) in [4.78, 5) is 36.0. The van der Waals surface area contributed by atoms with E-state index in [1.165, 1.54) is 5.57 Å². The molecule has 166 valence electrons. The van der Waals surface area contributed by atoms with Crippen LogP contribution in [0.3, 0.4) is 0 Å². The van der Waals surface area contributed by atoms with Gasteiger partial charge in [-0.05, 0) is 75.6 Å². The lowest BCUT2D eigenvalue weighted by atomic mass is 9.94. The Hall–Kier alpha value is -2.41. The highest BCUT2D eigenvalue weighted by Gasteiger charge is 2.40. The molecular formula is C24H32N4O2S. The van der Waals surface area contributed by atoms with Crippen molar-refractivity contribution in [2.45, 2.75) is 64.3 Å². The standard InChI is InChI=1S/C24H32N4O2S/c1-3-4-5-8-13-26-18(2)27-22(29)17-31-24-21-10-7-6-9-20(21)23(30)28(24)16-19-11-14-25-15-12-19/h3-4,11-12,14-15,24H,5-10,13,16-17H2,1-2H3,(H,26,27,29)/b4-3-. The van der Waals surface area contributed by atoms with Crippen LogP contribution in [0.1, 0.15) is 57.9 Å². The first-order chi connectivity index (χ1) is 15.1. The van der Waals surface area contributed by atoms with Crippen molar-refractivity contribution in [1.29, 1.82) is 0 Å². The van der Waals surface area contributed by atoms with Gasteiger partial charge in [0.2, 0.25) is 5.91 Å². The molecule has 6 nitrogen and oxygen atoms in total. The Labute approximate surface area is 189 Å². The van der Waals surface area contributed by atoms with Gasteiger partial charge in [-0.15, -0.1) is 11.8 Å². The van der Waals surface area contributed by atoms with E-state index >= 15 is 0 Å². The quantitative estimate of drug-likeness (QED) is 0.270. The summed E-state index contributed by atoms with van der Waals surface area (Å²) >= 11 is 1.54. The molecule has 0 radical (unpaired) electrons. The molecule has 1 aliphatic heterocycles. The second-order valence-electron chi connectivity index (χ2n) is 7.89. The second kappa shape index (κ2) is 11.8. The zero-order valence-corrected chi connectivity index (χ0v) is 19.3. The van der Waals surface area contributed by atoms with Crippen molar-refractivity contribution in [2.24, 2.45) is 4.99 Å². The van der Waals surface area contributed by atoms with Gasteiger partial charge in [0.05, 0.1) is 11.6 Å². The molecule has 2 heterocycles. The lowest BCUT2D eigenvalue weighted by molar-refractivity contribution is -0.126. The number of aromatic nitrogens is 1. The molecule has 1 aliphatic carbocycles. The SMILES string of the molecule is C/C=C\CCCN=C(C)NC(=O)CSC1C2=C(CCCC2)C(=O)N1Cc1ccncc1. The first kappa shape index (κ1) is 23.3. The van der Waals surface area contributed by atoms with Crippen molar-refractivity contribution >= 4 is 29.4 Å². The largest absolute Gasteiger partial charge is 0.319 e. The number of unbranched alkanes of at least 4 members (excludes halogenated alkanes) is 1. The molecule has 0 saturated heterocycles. The van der Waals surface area contributed by atoms with Gasteiger partial charge in [0.15, 0.2) is 0 Å². The number of amides is 2. The number of nitrogens with one attached hydrogen (secondary N) is 1. The monoisotopic (exact) mass is 440 g/mol. The fourth-order valence-electron chi connectivity index (χ4n) is 4.00. The van der Waals surface area contributed by atoms with E-state index in [2.05, 4.69) is 21.4 Å². The van der Waals surface area contributed by atoms with Gasteiger partial charge in [-0.25, -0.2) is 0 Å².